The quantitative estimate of drug-likeness (QED) is 0.722. The molecule has 100 valence electrons. The van der Waals surface area contributed by atoms with Gasteiger partial charge in [-0.25, -0.2) is 4.98 Å². The Hall–Kier alpha value is -1.35. The molecule has 0 saturated heterocycles. The third kappa shape index (κ3) is 3.35. The van der Waals surface area contributed by atoms with E-state index in [9.17, 15) is 0 Å². The van der Waals surface area contributed by atoms with Crippen molar-refractivity contribution in [3.63, 3.8) is 0 Å². The van der Waals surface area contributed by atoms with Crippen LogP contribution in [0.2, 0.25) is 0 Å². The largest absolute Gasteiger partial charge is 0.438 e. The first-order valence-electron chi connectivity index (χ1n) is 6.40. The van der Waals surface area contributed by atoms with E-state index >= 15 is 0 Å². The highest BCUT2D eigenvalue weighted by Gasteiger charge is 2.10. The molecular formula is C16H18BrNO. The van der Waals surface area contributed by atoms with Crippen LogP contribution in [0, 0.1) is 6.92 Å². The van der Waals surface area contributed by atoms with Gasteiger partial charge >= 0.3 is 0 Å². The first-order valence-corrected chi connectivity index (χ1v) is 7.52. The standard InChI is InChI=1S/C16H18BrNO/c1-11(2)14-6-4-5-7-15(14)19-16-12(3)8-13(9-17)10-18-16/h4-8,10-11H,9H2,1-3H3. The number of aryl methyl sites for hydroxylation is 1. The minimum Gasteiger partial charge on any atom is -0.438 e. The number of pyridine rings is 1. The Morgan fingerprint density at radius 1 is 1.26 bits per heavy atom. The molecular weight excluding hydrogens is 302 g/mol. The maximum Gasteiger partial charge on any atom is 0.222 e. The molecule has 0 radical (unpaired) electrons. The van der Waals surface area contributed by atoms with Crippen molar-refractivity contribution in [2.75, 3.05) is 0 Å². The lowest BCUT2D eigenvalue weighted by atomic mass is 10.0. The molecule has 0 atom stereocenters. The van der Waals surface area contributed by atoms with Crippen LogP contribution in [0.5, 0.6) is 11.6 Å². The van der Waals surface area contributed by atoms with Crippen molar-refractivity contribution in [1.82, 2.24) is 4.98 Å². The summed E-state index contributed by atoms with van der Waals surface area (Å²) in [4.78, 5) is 4.39. The van der Waals surface area contributed by atoms with E-state index < -0.39 is 0 Å². The first kappa shape index (κ1) is 14.1. The van der Waals surface area contributed by atoms with Gasteiger partial charge in [-0.05, 0) is 36.1 Å². The van der Waals surface area contributed by atoms with Crippen LogP contribution in [-0.2, 0) is 5.33 Å². The van der Waals surface area contributed by atoms with Gasteiger partial charge in [-0.1, -0.05) is 48.0 Å². The highest BCUT2D eigenvalue weighted by atomic mass is 79.9. The van der Waals surface area contributed by atoms with E-state index in [1.54, 1.807) is 0 Å². The van der Waals surface area contributed by atoms with Crippen LogP contribution >= 0.6 is 15.9 Å². The van der Waals surface area contributed by atoms with Gasteiger partial charge in [0.2, 0.25) is 5.88 Å². The summed E-state index contributed by atoms with van der Waals surface area (Å²) in [7, 11) is 0. The second-order valence-electron chi connectivity index (χ2n) is 4.89. The van der Waals surface area contributed by atoms with Crippen molar-refractivity contribution in [2.24, 2.45) is 0 Å². The highest BCUT2D eigenvalue weighted by molar-refractivity contribution is 9.08. The molecule has 2 rings (SSSR count). The van der Waals surface area contributed by atoms with E-state index in [4.69, 9.17) is 4.74 Å². The third-order valence-corrected chi connectivity index (χ3v) is 3.64. The van der Waals surface area contributed by atoms with Crippen molar-refractivity contribution in [3.05, 3.63) is 53.2 Å². The van der Waals surface area contributed by atoms with E-state index in [2.05, 4.69) is 46.9 Å². The number of alkyl halides is 1. The number of halogens is 1. The van der Waals surface area contributed by atoms with Gasteiger partial charge in [-0.2, -0.15) is 0 Å². The lowest BCUT2D eigenvalue weighted by molar-refractivity contribution is 0.450. The van der Waals surface area contributed by atoms with Gasteiger partial charge < -0.3 is 4.74 Å². The van der Waals surface area contributed by atoms with Crippen molar-refractivity contribution in [1.29, 1.82) is 0 Å². The van der Waals surface area contributed by atoms with Crippen molar-refractivity contribution in [2.45, 2.75) is 32.0 Å². The summed E-state index contributed by atoms with van der Waals surface area (Å²) in [5.74, 6) is 2.00. The molecule has 3 heteroatoms. The zero-order valence-corrected chi connectivity index (χ0v) is 13.1. The van der Waals surface area contributed by atoms with Gasteiger partial charge in [0.25, 0.3) is 0 Å². The molecule has 0 saturated carbocycles. The lowest BCUT2D eigenvalue weighted by Crippen LogP contribution is -1.97. The predicted octanol–water partition coefficient (Wildman–Crippen LogP) is 5.20. The van der Waals surface area contributed by atoms with Crippen LogP contribution < -0.4 is 4.74 Å². The molecule has 0 amide bonds. The van der Waals surface area contributed by atoms with Gasteiger partial charge in [0.05, 0.1) is 0 Å². The average Bonchev–Trinajstić information content (AvgIpc) is 2.41. The summed E-state index contributed by atoms with van der Waals surface area (Å²) >= 11 is 3.43. The maximum atomic E-state index is 5.97. The zero-order valence-electron chi connectivity index (χ0n) is 11.5. The van der Waals surface area contributed by atoms with Gasteiger partial charge in [-0.3, -0.25) is 0 Å². The Labute approximate surface area is 123 Å². The van der Waals surface area contributed by atoms with Crippen LogP contribution in [0.1, 0.15) is 36.5 Å². The molecule has 1 heterocycles. The molecule has 19 heavy (non-hydrogen) atoms. The maximum absolute atomic E-state index is 5.97. The highest BCUT2D eigenvalue weighted by Crippen LogP contribution is 2.30. The molecule has 0 spiro atoms. The fraction of sp³-hybridized carbons (Fsp3) is 0.312. The number of aromatic nitrogens is 1. The number of nitrogens with zero attached hydrogens (tertiary/aromatic N) is 1. The fourth-order valence-electron chi connectivity index (χ4n) is 1.95. The number of rotatable bonds is 4. The second kappa shape index (κ2) is 6.20. The molecule has 0 aliphatic carbocycles. The Balaban J connectivity index is 2.31. The minimum absolute atomic E-state index is 0.429. The Kier molecular flexibility index (Phi) is 4.59. The lowest BCUT2D eigenvalue weighted by Gasteiger charge is -2.14. The van der Waals surface area contributed by atoms with Crippen LogP contribution in [-0.4, -0.2) is 4.98 Å². The Morgan fingerprint density at radius 2 is 2.00 bits per heavy atom. The second-order valence-corrected chi connectivity index (χ2v) is 5.45. The van der Waals surface area contributed by atoms with E-state index in [1.165, 1.54) is 5.56 Å². The van der Waals surface area contributed by atoms with Gasteiger partial charge in [0, 0.05) is 17.1 Å². The molecule has 1 aromatic heterocycles. The van der Waals surface area contributed by atoms with Crippen molar-refractivity contribution >= 4 is 15.9 Å². The summed E-state index contributed by atoms with van der Waals surface area (Å²) in [6.07, 6.45) is 1.84. The van der Waals surface area contributed by atoms with Crippen LogP contribution in [0.25, 0.3) is 0 Å². The Morgan fingerprint density at radius 3 is 2.63 bits per heavy atom. The average molecular weight is 320 g/mol. The van der Waals surface area contributed by atoms with Gasteiger partial charge in [0.1, 0.15) is 5.75 Å². The van der Waals surface area contributed by atoms with E-state index in [0.29, 0.717) is 11.8 Å². The summed E-state index contributed by atoms with van der Waals surface area (Å²) in [6, 6.07) is 10.2. The van der Waals surface area contributed by atoms with Crippen LogP contribution in [0.4, 0.5) is 0 Å². The monoisotopic (exact) mass is 319 g/mol. The topological polar surface area (TPSA) is 22.1 Å². The van der Waals surface area contributed by atoms with Crippen LogP contribution in [0.3, 0.4) is 0 Å². The summed E-state index contributed by atoms with van der Waals surface area (Å²) < 4.78 is 5.97. The molecule has 0 N–H and O–H groups in total. The predicted molar refractivity (Wildman–Crippen MR) is 82.2 cm³/mol. The SMILES string of the molecule is Cc1cc(CBr)cnc1Oc1ccccc1C(C)C. The summed E-state index contributed by atoms with van der Waals surface area (Å²) in [6.45, 7) is 6.35. The summed E-state index contributed by atoms with van der Waals surface area (Å²) in [5, 5.41) is 0.809. The summed E-state index contributed by atoms with van der Waals surface area (Å²) in [5.41, 5.74) is 3.41. The number of ether oxygens (including phenoxy) is 1. The van der Waals surface area contributed by atoms with E-state index in [0.717, 1.165) is 22.2 Å². The number of benzene rings is 1. The van der Waals surface area contributed by atoms with Crippen molar-refractivity contribution < 1.29 is 4.74 Å². The number of para-hydroxylation sites is 1. The minimum atomic E-state index is 0.429. The molecule has 0 aliphatic heterocycles. The van der Waals surface area contributed by atoms with Crippen LogP contribution in [0.15, 0.2) is 36.5 Å². The van der Waals surface area contributed by atoms with Gasteiger partial charge in [-0.15, -0.1) is 0 Å². The molecule has 0 bridgehead atoms. The Bertz CT molecular complexity index is 566. The van der Waals surface area contributed by atoms with Crippen molar-refractivity contribution in [3.8, 4) is 11.6 Å². The number of hydrogen-bond acceptors (Lipinski definition) is 2. The molecule has 2 nitrogen and oxygen atoms in total. The molecule has 2 aromatic rings. The smallest absolute Gasteiger partial charge is 0.222 e. The van der Waals surface area contributed by atoms with E-state index in [-0.39, 0.29) is 0 Å². The normalized spacial score (nSPS) is 10.8. The molecule has 0 aliphatic rings. The third-order valence-electron chi connectivity index (χ3n) is 2.99. The van der Waals surface area contributed by atoms with Gasteiger partial charge in [0.15, 0.2) is 0 Å². The fourth-order valence-corrected chi connectivity index (χ4v) is 2.26. The first-order chi connectivity index (χ1) is 9.11. The number of hydrogen-bond donors (Lipinski definition) is 0. The van der Waals surface area contributed by atoms with E-state index in [1.807, 2.05) is 31.3 Å². The molecule has 0 fully saturated rings. The zero-order chi connectivity index (χ0) is 13.8. The molecule has 0 unspecified atom stereocenters. The molecule has 1 aromatic carbocycles.